The lowest BCUT2D eigenvalue weighted by Gasteiger charge is -2.47. The zero-order valence-corrected chi connectivity index (χ0v) is 8.04. The Morgan fingerprint density at radius 1 is 1.58 bits per heavy atom. The number of hydrogen-bond donors (Lipinski definition) is 1. The molecule has 1 fully saturated rings. The minimum absolute atomic E-state index is 0.274. The van der Waals surface area contributed by atoms with Gasteiger partial charge < -0.3 is 5.73 Å². The molecule has 0 aromatic carbocycles. The van der Waals surface area contributed by atoms with Crippen molar-refractivity contribution in [1.29, 1.82) is 5.26 Å². The molecule has 2 N–H and O–H groups in total. The molecule has 0 aromatic heterocycles. The topological polar surface area (TPSA) is 53.0 Å². The van der Waals surface area contributed by atoms with E-state index in [1.165, 1.54) is 0 Å². The van der Waals surface area contributed by atoms with E-state index < -0.39 is 0 Å². The monoisotopic (exact) mass is 167 g/mol. The Morgan fingerprint density at radius 2 is 2.08 bits per heavy atom. The third-order valence-electron chi connectivity index (χ3n) is 2.92. The maximum Gasteiger partial charge on any atom is 0.108 e. The summed E-state index contributed by atoms with van der Waals surface area (Å²) < 4.78 is 0. The standard InChI is InChI=1S/C9H17N3/c1-7(2)9(3,6-10)12-4-8(11)5-12/h7-8H,4-5,11H2,1-3H3. The average molecular weight is 167 g/mol. The molecular formula is C9H17N3. The zero-order valence-electron chi connectivity index (χ0n) is 8.04. The predicted octanol–water partition coefficient (Wildman–Crippen LogP) is 0.568. The van der Waals surface area contributed by atoms with Crippen molar-refractivity contribution < 1.29 is 0 Å². The van der Waals surface area contributed by atoms with Gasteiger partial charge in [0, 0.05) is 19.1 Å². The number of nitrogens with zero attached hydrogens (tertiary/aromatic N) is 2. The second-order valence-electron chi connectivity index (χ2n) is 4.08. The minimum Gasteiger partial charge on any atom is -0.325 e. The molecule has 0 aromatic rings. The average Bonchev–Trinajstić information content (AvgIpc) is 1.97. The highest BCUT2D eigenvalue weighted by Gasteiger charge is 2.41. The Kier molecular flexibility index (Phi) is 2.41. The third-order valence-corrected chi connectivity index (χ3v) is 2.92. The Hall–Kier alpha value is -0.590. The third kappa shape index (κ3) is 1.33. The van der Waals surface area contributed by atoms with Crippen LogP contribution < -0.4 is 5.73 Å². The van der Waals surface area contributed by atoms with Gasteiger partial charge in [-0.15, -0.1) is 0 Å². The molecule has 1 rings (SSSR count). The van der Waals surface area contributed by atoms with Crippen LogP contribution >= 0.6 is 0 Å². The summed E-state index contributed by atoms with van der Waals surface area (Å²) in [7, 11) is 0. The highest BCUT2D eigenvalue weighted by atomic mass is 15.3. The van der Waals surface area contributed by atoms with Crippen molar-refractivity contribution in [2.24, 2.45) is 11.7 Å². The fourth-order valence-electron chi connectivity index (χ4n) is 1.46. The van der Waals surface area contributed by atoms with E-state index in [1.54, 1.807) is 0 Å². The van der Waals surface area contributed by atoms with Gasteiger partial charge in [-0.05, 0) is 12.8 Å². The van der Waals surface area contributed by atoms with Crippen LogP contribution in [0.5, 0.6) is 0 Å². The molecule has 0 radical (unpaired) electrons. The molecule has 0 aliphatic carbocycles. The van der Waals surface area contributed by atoms with Gasteiger partial charge in [-0.2, -0.15) is 5.26 Å². The first kappa shape index (κ1) is 9.50. The number of hydrogen-bond acceptors (Lipinski definition) is 3. The molecule has 3 nitrogen and oxygen atoms in total. The van der Waals surface area contributed by atoms with E-state index in [0.717, 1.165) is 13.1 Å². The largest absolute Gasteiger partial charge is 0.325 e. The summed E-state index contributed by atoms with van der Waals surface area (Å²) in [5, 5.41) is 9.04. The summed E-state index contributed by atoms with van der Waals surface area (Å²) >= 11 is 0. The number of rotatable bonds is 2. The number of nitriles is 1. The molecule has 0 bridgehead atoms. The van der Waals surface area contributed by atoms with Crippen LogP contribution in [0.3, 0.4) is 0 Å². The Balaban J connectivity index is 2.64. The summed E-state index contributed by atoms with van der Waals surface area (Å²) in [4.78, 5) is 2.16. The first-order valence-electron chi connectivity index (χ1n) is 4.42. The van der Waals surface area contributed by atoms with Crippen molar-refractivity contribution in [3.63, 3.8) is 0 Å². The first-order valence-corrected chi connectivity index (χ1v) is 4.42. The lowest BCUT2D eigenvalue weighted by atomic mass is 9.85. The molecule has 1 saturated heterocycles. The molecule has 3 heteroatoms. The van der Waals surface area contributed by atoms with E-state index in [2.05, 4.69) is 24.8 Å². The van der Waals surface area contributed by atoms with Crippen LogP contribution in [0.15, 0.2) is 0 Å². The van der Waals surface area contributed by atoms with Gasteiger partial charge in [0.2, 0.25) is 0 Å². The van der Waals surface area contributed by atoms with Gasteiger partial charge in [0.25, 0.3) is 0 Å². The molecule has 12 heavy (non-hydrogen) atoms. The molecule has 1 unspecified atom stereocenters. The van der Waals surface area contributed by atoms with E-state index in [4.69, 9.17) is 11.0 Å². The van der Waals surface area contributed by atoms with Gasteiger partial charge in [-0.3, -0.25) is 4.90 Å². The van der Waals surface area contributed by atoms with Gasteiger partial charge >= 0.3 is 0 Å². The summed E-state index contributed by atoms with van der Waals surface area (Å²) in [5.41, 5.74) is 5.35. The van der Waals surface area contributed by atoms with E-state index in [0.29, 0.717) is 5.92 Å². The summed E-state index contributed by atoms with van der Waals surface area (Å²) in [6, 6.07) is 2.65. The summed E-state index contributed by atoms with van der Waals surface area (Å²) in [6.07, 6.45) is 0. The van der Waals surface area contributed by atoms with E-state index in [9.17, 15) is 0 Å². The molecule has 0 amide bonds. The number of nitrogens with two attached hydrogens (primary N) is 1. The lowest BCUT2D eigenvalue weighted by molar-refractivity contribution is 0.0325. The van der Waals surface area contributed by atoms with Crippen LogP contribution in [0.25, 0.3) is 0 Å². The fraction of sp³-hybridized carbons (Fsp3) is 0.889. The fourth-order valence-corrected chi connectivity index (χ4v) is 1.46. The van der Waals surface area contributed by atoms with Crippen LogP contribution in [0.1, 0.15) is 20.8 Å². The SMILES string of the molecule is CC(C)C(C)(C#N)N1CC(N)C1. The number of likely N-dealkylation sites (tertiary alicyclic amines) is 1. The molecule has 0 saturated carbocycles. The molecule has 0 spiro atoms. The van der Waals surface area contributed by atoms with Crippen molar-refractivity contribution in [3.8, 4) is 6.07 Å². The van der Waals surface area contributed by atoms with Crippen molar-refractivity contribution in [2.45, 2.75) is 32.4 Å². The van der Waals surface area contributed by atoms with Gasteiger partial charge in [-0.1, -0.05) is 13.8 Å². The van der Waals surface area contributed by atoms with Gasteiger partial charge in [0.05, 0.1) is 6.07 Å². The molecule has 68 valence electrons. The quantitative estimate of drug-likeness (QED) is 0.654. The lowest BCUT2D eigenvalue weighted by Crippen LogP contribution is -2.65. The van der Waals surface area contributed by atoms with E-state index >= 15 is 0 Å². The van der Waals surface area contributed by atoms with Crippen molar-refractivity contribution in [1.82, 2.24) is 4.90 Å². The summed E-state index contributed by atoms with van der Waals surface area (Å²) in [5.74, 6) is 0.356. The second kappa shape index (κ2) is 3.04. The van der Waals surface area contributed by atoms with Crippen LogP contribution in [0.4, 0.5) is 0 Å². The van der Waals surface area contributed by atoms with Crippen molar-refractivity contribution >= 4 is 0 Å². The molecule has 1 heterocycles. The predicted molar refractivity (Wildman–Crippen MR) is 48.4 cm³/mol. The Morgan fingerprint density at radius 3 is 2.33 bits per heavy atom. The maximum absolute atomic E-state index is 9.04. The van der Waals surface area contributed by atoms with Crippen LogP contribution in [0.2, 0.25) is 0 Å². The Bertz CT molecular complexity index is 200. The van der Waals surface area contributed by atoms with Crippen LogP contribution in [-0.2, 0) is 0 Å². The highest BCUT2D eigenvalue weighted by molar-refractivity contribution is 5.11. The van der Waals surface area contributed by atoms with Crippen molar-refractivity contribution in [3.05, 3.63) is 0 Å². The van der Waals surface area contributed by atoms with Crippen LogP contribution in [-0.4, -0.2) is 29.6 Å². The van der Waals surface area contributed by atoms with Crippen molar-refractivity contribution in [2.75, 3.05) is 13.1 Å². The smallest absolute Gasteiger partial charge is 0.108 e. The summed E-state index contributed by atoms with van der Waals surface area (Å²) in [6.45, 7) is 7.87. The minimum atomic E-state index is -0.324. The van der Waals surface area contributed by atoms with Gasteiger partial charge in [-0.25, -0.2) is 0 Å². The van der Waals surface area contributed by atoms with E-state index in [-0.39, 0.29) is 11.6 Å². The second-order valence-corrected chi connectivity index (χ2v) is 4.08. The highest BCUT2D eigenvalue weighted by Crippen LogP contribution is 2.27. The molecule has 1 aliphatic heterocycles. The first-order chi connectivity index (χ1) is 5.50. The Labute approximate surface area is 74.1 Å². The van der Waals surface area contributed by atoms with E-state index in [1.807, 2.05) is 6.92 Å². The zero-order chi connectivity index (χ0) is 9.35. The molecule has 1 aliphatic rings. The normalized spacial score (nSPS) is 24.7. The maximum atomic E-state index is 9.04. The van der Waals surface area contributed by atoms with Crippen LogP contribution in [0, 0.1) is 17.2 Å². The van der Waals surface area contributed by atoms with Gasteiger partial charge in [0.15, 0.2) is 0 Å². The molecular weight excluding hydrogens is 150 g/mol. The van der Waals surface area contributed by atoms with Gasteiger partial charge in [0.1, 0.15) is 5.54 Å². The molecule has 1 atom stereocenters.